The van der Waals surface area contributed by atoms with Crippen LogP contribution in [0.4, 0.5) is 0 Å². The molecule has 16 heavy (non-hydrogen) atoms. The maximum atomic E-state index is 9.74. The summed E-state index contributed by atoms with van der Waals surface area (Å²) >= 11 is 0. The molecule has 1 aliphatic carbocycles. The number of benzene rings is 1. The lowest BCUT2D eigenvalue weighted by Crippen LogP contribution is -2.19. The Morgan fingerprint density at radius 2 is 1.69 bits per heavy atom. The van der Waals surface area contributed by atoms with E-state index < -0.39 is 0 Å². The second-order valence-corrected chi connectivity index (χ2v) is 5.07. The molecule has 0 amide bonds. The summed E-state index contributed by atoms with van der Waals surface area (Å²) in [6.07, 6.45) is 5.13. The molecule has 1 saturated carbocycles. The van der Waals surface area contributed by atoms with Gasteiger partial charge in [-0.25, -0.2) is 0 Å². The van der Waals surface area contributed by atoms with Crippen molar-refractivity contribution < 1.29 is 5.11 Å². The summed E-state index contributed by atoms with van der Waals surface area (Å²) in [5.41, 5.74) is 9.35. The van der Waals surface area contributed by atoms with Gasteiger partial charge in [0, 0.05) is 6.04 Å². The molecule has 1 aromatic rings. The molecule has 0 saturated heterocycles. The van der Waals surface area contributed by atoms with Crippen molar-refractivity contribution >= 4 is 0 Å². The lowest BCUT2D eigenvalue weighted by atomic mass is 9.90. The molecule has 0 heterocycles. The average molecular weight is 219 g/mol. The number of aromatic hydroxyl groups is 1. The monoisotopic (exact) mass is 219 g/mol. The highest BCUT2D eigenvalue weighted by Crippen LogP contribution is 2.36. The van der Waals surface area contributed by atoms with Crippen molar-refractivity contribution in [2.45, 2.75) is 45.6 Å². The first-order chi connectivity index (χ1) is 7.59. The normalized spacial score (nSPS) is 18.9. The van der Waals surface area contributed by atoms with Crippen LogP contribution < -0.4 is 5.73 Å². The smallest absolute Gasteiger partial charge is 0.121 e. The molecule has 0 spiro atoms. The average Bonchev–Trinajstić information content (AvgIpc) is 2.77. The van der Waals surface area contributed by atoms with Crippen molar-refractivity contribution in [1.82, 2.24) is 0 Å². The third-order valence-corrected chi connectivity index (χ3v) is 3.81. The summed E-state index contributed by atoms with van der Waals surface area (Å²) in [4.78, 5) is 0. The number of aryl methyl sites for hydroxylation is 2. The Hall–Kier alpha value is -1.02. The Kier molecular flexibility index (Phi) is 3.20. The van der Waals surface area contributed by atoms with Crippen LogP contribution in [0.2, 0.25) is 0 Å². The molecule has 2 rings (SSSR count). The Balaban J connectivity index is 2.26. The van der Waals surface area contributed by atoms with Crippen molar-refractivity contribution in [2.24, 2.45) is 11.7 Å². The van der Waals surface area contributed by atoms with Crippen LogP contribution in [-0.2, 0) is 0 Å². The van der Waals surface area contributed by atoms with Gasteiger partial charge in [-0.1, -0.05) is 25.0 Å². The summed E-state index contributed by atoms with van der Waals surface area (Å²) in [5, 5.41) is 9.74. The van der Waals surface area contributed by atoms with Gasteiger partial charge in [0.25, 0.3) is 0 Å². The summed E-state index contributed by atoms with van der Waals surface area (Å²) < 4.78 is 0. The Morgan fingerprint density at radius 1 is 1.19 bits per heavy atom. The Morgan fingerprint density at radius 3 is 2.19 bits per heavy atom. The molecule has 0 aliphatic heterocycles. The molecule has 0 aromatic heterocycles. The van der Waals surface area contributed by atoms with Crippen molar-refractivity contribution in [1.29, 1.82) is 0 Å². The predicted octanol–water partition coefficient (Wildman–Crippen LogP) is 3.20. The van der Waals surface area contributed by atoms with E-state index in [1.54, 1.807) is 0 Å². The topological polar surface area (TPSA) is 46.2 Å². The number of hydrogen-bond acceptors (Lipinski definition) is 2. The predicted molar refractivity (Wildman–Crippen MR) is 66.5 cm³/mol. The summed E-state index contributed by atoms with van der Waals surface area (Å²) in [5.74, 6) is 1.03. The van der Waals surface area contributed by atoms with Crippen LogP contribution in [-0.4, -0.2) is 5.11 Å². The standard InChI is InChI=1S/C14H21NO/c1-9-7-12(8-10(2)14(9)16)13(15)11-5-3-4-6-11/h7-8,11,13,16H,3-6,15H2,1-2H3/t13-/m0/s1. The van der Waals surface area contributed by atoms with E-state index in [4.69, 9.17) is 5.73 Å². The van der Waals surface area contributed by atoms with E-state index in [0.717, 1.165) is 11.1 Å². The first kappa shape index (κ1) is 11.5. The molecule has 2 heteroatoms. The van der Waals surface area contributed by atoms with E-state index in [1.165, 1.54) is 31.2 Å². The third-order valence-electron chi connectivity index (χ3n) is 3.81. The van der Waals surface area contributed by atoms with Gasteiger partial charge in [0.2, 0.25) is 0 Å². The fourth-order valence-electron chi connectivity index (χ4n) is 2.77. The minimum absolute atomic E-state index is 0.139. The van der Waals surface area contributed by atoms with Gasteiger partial charge in [0.15, 0.2) is 0 Å². The number of phenolic OH excluding ortho intramolecular Hbond substituents is 1. The second-order valence-electron chi connectivity index (χ2n) is 5.07. The zero-order chi connectivity index (χ0) is 11.7. The largest absolute Gasteiger partial charge is 0.507 e. The third kappa shape index (κ3) is 2.07. The van der Waals surface area contributed by atoms with Crippen molar-refractivity contribution in [2.75, 3.05) is 0 Å². The molecule has 88 valence electrons. The molecule has 1 atom stereocenters. The van der Waals surface area contributed by atoms with Crippen LogP contribution in [0.1, 0.15) is 48.4 Å². The molecule has 1 aliphatic rings. The van der Waals surface area contributed by atoms with Gasteiger partial charge < -0.3 is 10.8 Å². The molecule has 3 N–H and O–H groups in total. The van der Waals surface area contributed by atoms with Crippen LogP contribution in [0.3, 0.4) is 0 Å². The molecule has 1 fully saturated rings. The lowest BCUT2D eigenvalue weighted by molar-refractivity contribution is 0.441. The van der Waals surface area contributed by atoms with E-state index in [2.05, 4.69) is 0 Å². The maximum absolute atomic E-state index is 9.74. The lowest BCUT2D eigenvalue weighted by Gasteiger charge is -2.20. The molecule has 2 nitrogen and oxygen atoms in total. The maximum Gasteiger partial charge on any atom is 0.121 e. The highest BCUT2D eigenvalue weighted by molar-refractivity contribution is 5.43. The molecular weight excluding hydrogens is 198 g/mol. The van der Waals surface area contributed by atoms with Crippen LogP contribution >= 0.6 is 0 Å². The quantitative estimate of drug-likeness (QED) is 0.802. The fourth-order valence-corrected chi connectivity index (χ4v) is 2.77. The van der Waals surface area contributed by atoms with Gasteiger partial charge in [-0.2, -0.15) is 0 Å². The van der Waals surface area contributed by atoms with E-state index in [1.807, 2.05) is 26.0 Å². The minimum Gasteiger partial charge on any atom is -0.507 e. The summed E-state index contributed by atoms with van der Waals surface area (Å²) in [6.45, 7) is 3.88. The van der Waals surface area contributed by atoms with Gasteiger partial charge in [-0.15, -0.1) is 0 Å². The molecule has 0 radical (unpaired) electrons. The number of rotatable bonds is 2. The zero-order valence-corrected chi connectivity index (χ0v) is 10.2. The number of phenols is 1. The van der Waals surface area contributed by atoms with E-state index >= 15 is 0 Å². The highest BCUT2D eigenvalue weighted by Gasteiger charge is 2.23. The van der Waals surface area contributed by atoms with Gasteiger partial charge in [0.05, 0.1) is 0 Å². The van der Waals surface area contributed by atoms with Crippen LogP contribution in [0, 0.1) is 19.8 Å². The van der Waals surface area contributed by atoms with Crippen LogP contribution in [0.15, 0.2) is 12.1 Å². The van der Waals surface area contributed by atoms with E-state index in [9.17, 15) is 5.11 Å². The Bertz CT molecular complexity index is 357. The van der Waals surface area contributed by atoms with Crippen molar-refractivity contribution in [3.05, 3.63) is 28.8 Å². The first-order valence-electron chi connectivity index (χ1n) is 6.15. The van der Waals surface area contributed by atoms with Crippen molar-refractivity contribution in [3.8, 4) is 5.75 Å². The SMILES string of the molecule is Cc1cc([C@@H](N)C2CCCC2)cc(C)c1O. The van der Waals surface area contributed by atoms with E-state index in [-0.39, 0.29) is 6.04 Å². The number of hydrogen-bond donors (Lipinski definition) is 2. The first-order valence-corrected chi connectivity index (χ1v) is 6.15. The molecule has 0 unspecified atom stereocenters. The Labute approximate surface area is 97.5 Å². The highest BCUT2D eigenvalue weighted by atomic mass is 16.3. The fraction of sp³-hybridized carbons (Fsp3) is 0.571. The van der Waals surface area contributed by atoms with Gasteiger partial charge >= 0.3 is 0 Å². The molecule has 1 aromatic carbocycles. The van der Waals surface area contributed by atoms with Crippen LogP contribution in [0.5, 0.6) is 5.75 Å². The zero-order valence-electron chi connectivity index (χ0n) is 10.2. The van der Waals surface area contributed by atoms with Gasteiger partial charge in [0.1, 0.15) is 5.75 Å². The minimum atomic E-state index is 0.139. The summed E-state index contributed by atoms with van der Waals surface area (Å²) in [7, 11) is 0. The van der Waals surface area contributed by atoms with E-state index in [0.29, 0.717) is 11.7 Å². The van der Waals surface area contributed by atoms with Gasteiger partial charge in [-0.3, -0.25) is 0 Å². The molecular formula is C14H21NO. The van der Waals surface area contributed by atoms with Crippen LogP contribution in [0.25, 0.3) is 0 Å². The van der Waals surface area contributed by atoms with Gasteiger partial charge in [-0.05, 0) is 49.3 Å². The number of nitrogens with two attached hydrogens (primary N) is 1. The second kappa shape index (κ2) is 4.46. The van der Waals surface area contributed by atoms with Crippen molar-refractivity contribution in [3.63, 3.8) is 0 Å². The summed E-state index contributed by atoms with van der Waals surface area (Å²) in [6, 6.07) is 4.21. The molecule has 0 bridgehead atoms.